The van der Waals surface area contributed by atoms with Crippen LogP contribution in [0.15, 0.2) is 14.6 Å². The van der Waals surface area contributed by atoms with Gasteiger partial charge in [0.15, 0.2) is 9.92 Å². The Morgan fingerprint density at radius 2 is 2.13 bits per heavy atom. The van der Waals surface area contributed by atoms with Gasteiger partial charge in [-0.15, -0.1) is 15.7 Å². The number of thiophene rings is 1. The first-order valence-electron chi connectivity index (χ1n) is 9.90. The largest absolute Gasteiger partial charge is 0.385 e. The number of hydrogen-bond acceptors (Lipinski definition) is 5. The Bertz CT molecular complexity index is 1160. The Hall–Kier alpha value is -1.88. The fraction of sp³-hybridized carbons (Fsp3) is 0.500. The highest BCUT2D eigenvalue weighted by Crippen LogP contribution is 2.41. The van der Waals surface area contributed by atoms with Crippen LogP contribution >= 0.6 is 11.3 Å². The lowest BCUT2D eigenvalue weighted by Crippen LogP contribution is -2.18. The van der Waals surface area contributed by atoms with Crippen LogP contribution in [0.25, 0.3) is 0 Å². The molecule has 2 aromatic heterocycles. The van der Waals surface area contributed by atoms with Crippen molar-refractivity contribution in [3.8, 4) is 0 Å². The molecule has 4 rings (SSSR count). The van der Waals surface area contributed by atoms with E-state index in [4.69, 9.17) is 10.1 Å². The normalized spacial score (nSPS) is 19.9. The lowest BCUT2D eigenvalue weighted by atomic mass is 10.0. The molecule has 2 aromatic rings. The topological polar surface area (TPSA) is 118 Å². The number of halogens is 1. The number of urea groups is 1. The fourth-order valence-electron chi connectivity index (χ4n) is 4.16. The number of pyridine rings is 1. The third-order valence-electron chi connectivity index (χ3n) is 5.61. The molecule has 0 aromatic carbocycles. The van der Waals surface area contributed by atoms with E-state index in [0.717, 1.165) is 77.7 Å². The summed E-state index contributed by atoms with van der Waals surface area (Å²) in [7, 11) is -3.67. The van der Waals surface area contributed by atoms with Crippen molar-refractivity contribution >= 4 is 33.0 Å². The van der Waals surface area contributed by atoms with Crippen LogP contribution in [0.1, 0.15) is 66.9 Å². The van der Waals surface area contributed by atoms with Gasteiger partial charge in [0, 0.05) is 17.5 Å². The van der Waals surface area contributed by atoms with Crippen LogP contribution in [-0.4, -0.2) is 20.3 Å². The summed E-state index contributed by atoms with van der Waals surface area (Å²) in [6.07, 6.45) is 4.45. The number of aryl methyl sites for hydroxylation is 1. The second-order valence-corrected chi connectivity index (χ2v) is 11.5. The smallest absolute Gasteiger partial charge is 0.354 e. The standard InChI is InChI=1S/C20H25FN4O3S2/c1-10-7-8-12-16(10)23-14-6-4-5-11(14)17(12)24-19(26)25-30(22,28)15-9-13(21)18(29-15)20(2,3)27/h9-10,27H,4-8H2,1-3H3,(H3,22,23,24,25,26,28)/t10-,30-/m1/s1. The highest BCUT2D eigenvalue weighted by Gasteiger charge is 2.30. The molecule has 0 unspecified atom stereocenters. The van der Waals surface area contributed by atoms with Gasteiger partial charge in [-0.2, -0.15) is 0 Å². The first-order valence-corrected chi connectivity index (χ1v) is 12.3. The molecule has 2 aliphatic carbocycles. The molecule has 0 aliphatic heterocycles. The van der Waals surface area contributed by atoms with Crippen LogP contribution in [-0.2, 0) is 34.8 Å². The van der Waals surface area contributed by atoms with Gasteiger partial charge in [-0.3, -0.25) is 4.98 Å². The molecule has 0 bridgehead atoms. The zero-order valence-electron chi connectivity index (χ0n) is 17.1. The Labute approximate surface area is 179 Å². The number of aliphatic hydroxyl groups is 1. The Morgan fingerprint density at radius 1 is 1.40 bits per heavy atom. The van der Waals surface area contributed by atoms with E-state index < -0.39 is 27.4 Å². The van der Waals surface area contributed by atoms with Crippen LogP contribution in [0.3, 0.4) is 0 Å². The monoisotopic (exact) mass is 452 g/mol. The molecule has 0 fully saturated rings. The fourth-order valence-corrected chi connectivity index (χ4v) is 6.42. The van der Waals surface area contributed by atoms with Crippen molar-refractivity contribution in [3.05, 3.63) is 39.3 Å². The summed E-state index contributed by atoms with van der Waals surface area (Å²) >= 11 is 0.753. The summed E-state index contributed by atoms with van der Waals surface area (Å²) in [4.78, 5) is 17.5. The van der Waals surface area contributed by atoms with E-state index in [1.165, 1.54) is 13.8 Å². The predicted octanol–water partition coefficient (Wildman–Crippen LogP) is 3.98. The summed E-state index contributed by atoms with van der Waals surface area (Å²) in [5, 5.41) is 18.7. The summed E-state index contributed by atoms with van der Waals surface area (Å²) in [6.45, 7) is 4.95. The molecule has 10 heteroatoms. The molecule has 2 aliphatic rings. The molecule has 2 amide bonds. The van der Waals surface area contributed by atoms with E-state index in [9.17, 15) is 18.5 Å². The van der Waals surface area contributed by atoms with E-state index in [2.05, 4.69) is 16.6 Å². The summed E-state index contributed by atoms with van der Waals surface area (Å²) in [5.74, 6) is -0.401. The van der Waals surface area contributed by atoms with Crippen molar-refractivity contribution < 1.29 is 18.5 Å². The highest BCUT2D eigenvalue weighted by atomic mass is 32.2. The third-order valence-corrected chi connectivity index (χ3v) is 8.93. The number of anilines is 1. The summed E-state index contributed by atoms with van der Waals surface area (Å²) in [5.41, 5.74) is 3.30. The minimum atomic E-state index is -3.67. The predicted molar refractivity (Wildman–Crippen MR) is 115 cm³/mol. The van der Waals surface area contributed by atoms with Gasteiger partial charge in [0.1, 0.15) is 10.0 Å². The van der Waals surface area contributed by atoms with Gasteiger partial charge >= 0.3 is 6.03 Å². The SMILES string of the molecule is C[C@@H]1CCc2c1nc1c(c2NC(=O)N=[S@@](N)(=O)c2cc(F)c(C(C)(C)O)s2)CCC1. The Balaban J connectivity index is 1.68. The Morgan fingerprint density at radius 3 is 2.80 bits per heavy atom. The lowest BCUT2D eigenvalue weighted by Gasteiger charge is -2.15. The van der Waals surface area contributed by atoms with Crippen molar-refractivity contribution in [1.29, 1.82) is 0 Å². The molecule has 30 heavy (non-hydrogen) atoms. The van der Waals surface area contributed by atoms with Gasteiger partial charge < -0.3 is 10.4 Å². The molecule has 2 heterocycles. The van der Waals surface area contributed by atoms with Gasteiger partial charge in [0.25, 0.3) is 0 Å². The number of aromatic nitrogens is 1. The van der Waals surface area contributed by atoms with Crippen molar-refractivity contribution in [2.75, 3.05) is 5.32 Å². The molecule has 4 N–H and O–H groups in total. The maximum absolute atomic E-state index is 14.2. The number of carbonyl (C=O) groups excluding carboxylic acids is 1. The second kappa shape index (κ2) is 7.37. The van der Waals surface area contributed by atoms with Crippen LogP contribution in [0.2, 0.25) is 0 Å². The molecule has 0 saturated carbocycles. The molecule has 7 nitrogen and oxygen atoms in total. The molecule has 2 atom stereocenters. The number of hydrogen-bond donors (Lipinski definition) is 3. The zero-order valence-corrected chi connectivity index (χ0v) is 18.8. The van der Waals surface area contributed by atoms with Gasteiger partial charge in [-0.1, -0.05) is 6.92 Å². The van der Waals surface area contributed by atoms with Crippen molar-refractivity contribution in [2.45, 2.75) is 68.6 Å². The van der Waals surface area contributed by atoms with Crippen LogP contribution in [0.4, 0.5) is 14.9 Å². The maximum Gasteiger partial charge on any atom is 0.354 e. The number of carbonyl (C=O) groups is 1. The van der Waals surface area contributed by atoms with Crippen molar-refractivity contribution in [2.24, 2.45) is 9.50 Å². The number of rotatable bonds is 3. The molecular formula is C20H25FN4O3S2. The van der Waals surface area contributed by atoms with Crippen molar-refractivity contribution in [3.63, 3.8) is 0 Å². The van der Waals surface area contributed by atoms with E-state index in [1.54, 1.807) is 0 Å². The second-order valence-electron chi connectivity index (χ2n) is 8.46. The number of nitrogens with two attached hydrogens (primary N) is 1. The third kappa shape index (κ3) is 3.77. The van der Waals surface area contributed by atoms with Crippen LogP contribution in [0, 0.1) is 5.82 Å². The number of amides is 2. The van der Waals surface area contributed by atoms with E-state index >= 15 is 0 Å². The first-order chi connectivity index (χ1) is 14.0. The van der Waals surface area contributed by atoms with E-state index in [1.807, 2.05) is 0 Å². The molecule has 0 saturated heterocycles. The van der Waals surface area contributed by atoms with Gasteiger partial charge in [-0.05, 0) is 63.0 Å². The van der Waals surface area contributed by atoms with Crippen LogP contribution < -0.4 is 10.5 Å². The molecule has 162 valence electrons. The van der Waals surface area contributed by atoms with E-state index in [-0.39, 0.29) is 9.09 Å². The average Bonchev–Trinajstić information content (AvgIpc) is 3.33. The Kier molecular flexibility index (Phi) is 5.24. The van der Waals surface area contributed by atoms with Gasteiger partial charge in [0.05, 0.1) is 16.2 Å². The van der Waals surface area contributed by atoms with E-state index in [0.29, 0.717) is 5.92 Å². The summed E-state index contributed by atoms with van der Waals surface area (Å²) in [6, 6.07) is 0.142. The maximum atomic E-state index is 14.2. The lowest BCUT2D eigenvalue weighted by molar-refractivity contribution is 0.0789. The summed E-state index contributed by atoms with van der Waals surface area (Å²) < 4.78 is 30.7. The van der Waals surface area contributed by atoms with Gasteiger partial charge in [-0.25, -0.2) is 18.5 Å². The molecular weight excluding hydrogens is 427 g/mol. The quantitative estimate of drug-likeness (QED) is 0.653. The molecule has 0 spiro atoms. The number of nitrogens with zero attached hydrogens (tertiary/aromatic N) is 2. The minimum absolute atomic E-state index is 0.00922. The molecule has 0 radical (unpaired) electrons. The van der Waals surface area contributed by atoms with Gasteiger partial charge in [0.2, 0.25) is 0 Å². The average molecular weight is 453 g/mol. The van der Waals surface area contributed by atoms with Crippen LogP contribution in [0.5, 0.6) is 0 Å². The van der Waals surface area contributed by atoms with Crippen molar-refractivity contribution in [1.82, 2.24) is 4.98 Å². The number of nitrogens with one attached hydrogen (secondary N) is 1. The minimum Gasteiger partial charge on any atom is -0.385 e. The first kappa shape index (κ1) is 21.4. The zero-order chi connectivity index (χ0) is 21.8. The number of fused-ring (bicyclic) bond motifs is 2. The highest BCUT2D eigenvalue weighted by molar-refractivity contribution is 7.93.